The minimum absolute atomic E-state index is 0.0774. The molecule has 1 amide bonds. The second-order valence-corrected chi connectivity index (χ2v) is 6.47. The van der Waals surface area contributed by atoms with Gasteiger partial charge in [0.05, 0.1) is 6.04 Å². The first kappa shape index (κ1) is 15.8. The molecule has 0 saturated carbocycles. The molecule has 1 aliphatic rings. The van der Waals surface area contributed by atoms with Crippen LogP contribution in [0, 0.1) is 0 Å². The lowest BCUT2D eigenvalue weighted by atomic mass is 10.2. The number of likely N-dealkylation sites (tertiary alicyclic amines) is 1. The molecular formula is C14H25N5O2. The minimum Gasteiger partial charge on any atom is -0.444 e. The fraction of sp³-hybridized carbons (Fsp3) is 0.786. The zero-order chi connectivity index (χ0) is 15.5. The van der Waals surface area contributed by atoms with E-state index in [1.807, 2.05) is 32.6 Å². The van der Waals surface area contributed by atoms with E-state index in [0.29, 0.717) is 0 Å². The molecule has 1 fully saturated rings. The van der Waals surface area contributed by atoms with E-state index in [1.165, 1.54) is 6.33 Å². The summed E-state index contributed by atoms with van der Waals surface area (Å²) in [5.41, 5.74) is -0.454. The van der Waals surface area contributed by atoms with Crippen LogP contribution in [0.5, 0.6) is 0 Å². The maximum absolute atomic E-state index is 12.2. The van der Waals surface area contributed by atoms with Gasteiger partial charge in [-0.15, -0.1) is 0 Å². The number of aromatic amines is 1. The Hall–Kier alpha value is -1.63. The van der Waals surface area contributed by atoms with Crippen LogP contribution in [0.25, 0.3) is 0 Å². The lowest BCUT2D eigenvalue weighted by molar-refractivity contribution is 0.0225. The van der Waals surface area contributed by atoms with E-state index in [1.54, 1.807) is 0 Å². The van der Waals surface area contributed by atoms with Crippen LogP contribution in [0.3, 0.4) is 0 Å². The third kappa shape index (κ3) is 4.42. The van der Waals surface area contributed by atoms with Crippen LogP contribution in [0.1, 0.15) is 52.4 Å². The van der Waals surface area contributed by atoms with Crippen LogP contribution in [-0.4, -0.2) is 50.9 Å². The molecule has 21 heavy (non-hydrogen) atoms. The highest BCUT2D eigenvalue weighted by Gasteiger charge is 2.32. The van der Waals surface area contributed by atoms with Gasteiger partial charge in [0, 0.05) is 19.1 Å². The number of amides is 1. The third-order valence-electron chi connectivity index (χ3n) is 3.51. The predicted octanol–water partition coefficient (Wildman–Crippen LogP) is 1.85. The number of carbonyl (C=O) groups is 1. The van der Waals surface area contributed by atoms with Crippen molar-refractivity contribution in [2.75, 3.05) is 13.1 Å². The highest BCUT2D eigenvalue weighted by atomic mass is 16.6. The van der Waals surface area contributed by atoms with Crippen LogP contribution < -0.4 is 5.32 Å². The molecule has 7 nitrogen and oxygen atoms in total. The van der Waals surface area contributed by atoms with Gasteiger partial charge in [0.2, 0.25) is 0 Å². The number of hydrogen-bond donors (Lipinski definition) is 2. The minimum atomic E-state index is -0.454. The Morgan fingerprint density at radius 3 is 3.00 bits per heavy atom. The number of hydrogen-bond acceptors (Lipinski definition) is 5. The molecule has 0 bridgehead atoms. The lowest BCUT2D eigenvalue weighted by Gasteiger charge is -2.29. The first-order chi connectivity index (χ1) is 9.87. The molecule has 1 aliphatic heterocycles. The quantitative estimate of drug-likeness (QED) is 0.886. The number of nitrogens with one attached hydrogen (secondary N) is 2. The highest BCUT2D eigenvalue weighted by Crippen LogP contribution is 2.21. The molecule has 2 unspecified atom stereocenters. The Kier molecular flexibility index (Phi) is 4.82. The lowest BCUT2D eigenvalue weighted by Crippen LogP contribution is -2.44. The van der Waals surface area contributed by atoms with E-state index >= 15 is 0 Å². The maximum Gasteiger partial charge on any atom is 0.410 e. The van der Waals surface area contributed by atoms with Crippen molar-refractivity contribution in [1.29, 1.82) is 0 Å². The fourth-order valence-electron chi connectivity index (χ4n) is 2.44. The van der Waals surface area contributed by atoms with Crippen molar-refractivity contribution in [3.8, 4) is 0 Å². The molecule has 2 N–H and O–H groups in total. The average Bonchev–Trinajstić information content (AvgIpc) is 3.04. The van der Waals surface area contributed by atoms with Crippen LogP contribution in [0.4, 0.5) is 4.79 Å². The molecule has 1 aromatic heterocycles. The van der Waals surface area contributed by atoms with Crippen molar-refractivity contribution in [1.82, 2.24) is 25.4 Å². The van der Waals surface area contributed by atoms with Crippen molar-refractivity contribution in [3.63, 3.8) is 0 Å². The number of H-pyrrole nitrogens is 1. The fourth-order valence-corrected chi connectivity index (χ4v) is 2.44. The Bertz CT molecular complexity index is 454. The normalized spacial score (nSPS) is 20.6. The van der Waals surface area contributed by atoms with E-state index < -0.39 is 5.60 Å². The van der Waals surface area contributed by atoms with Gasteiger partial charge in [0.25, 0.3) is 0 Å². The number of aromatic nitrogens is 3. The molecule has 118 valence electrons. The van der Waals surface area contributed by atoms with Gasteiger partial charge in [-0.1, -0.05) is 0 Å². The van der Waals surface area contributed by atoms with E-state index in [-0.39, 0.29) is 18.2 Å². The Morgan fingerprint density at radius 1 is 1.62 bits per heavy atom. The van der Waals surface area contributed by atoms with Crippen LogP contribution in [0.2, 0.25) is 0 Å². The summed E-state index contributed by atoms with van der Waals surface area (Å²) in [6.07, 6.45) is 3.28. The SMILES string of the molecule is CC(NCC1CCCN1C(=O)OC(C)(C)C)c1ncn[nH]1. The molecule has 2 heterocycles. The van der Waals surface area contributed by atoms with Gasteiger partial charge in [0.1, 0.15) is 17.8 Å². The monoisotopic (exact) mass is 295 g/mol. The second kappa shape index (κ2) is 6.43. The van der Waals surface area contributed by atoms with Crippen LogP contribution >= 0.6 is 0 Å². The highest BCUT2D eigenvalue weighted by molar-refractivity contribution is 5.69. The third-order valence-corrected chi connectivity index (χ3v) is 3.51. The Balaban J connectivity index is 1.86. The van der Waals surface area contributed by atoms with Gasteiger partial charge in [-0.2, -0.15) is 5.10 Å². The van der Waals surface area contributed by atoms with Crippen LogP contribution in [-0.2, 0) is 4.74 Å². The predicted molar refractivity (Wildman–Crippen MR) is 78.8 cm³/mol. The van der Waals surface area contributed by atoms with Crippen molar-refractivity contribution < 1.29 is 9.53 Å². The van der Waals surface area contributed by atoms with Gasteiger partial charge in [-0.05, 0) is 40.5 Å². The van der Waals surface area contributed by atoms with Gasteiger partial charge in [-0.3, -0.25) is 5.10 Å². The van der Waals surface area contributed by atoms with E-state index in [9.17, 15) is 4.79 Å². The summed E-state index contributed by atoms with van der Waals surface area (Å²) in [5.74, 6) is 0.803. The molecular weight excluding hydrogens is 270 g/mol. The molecule has 0 spiro atoms. The summed E-state index contributed by atoms with van der Waals surface area (Å²) in [7, 11) is 0. The van der Waals surface area contributed by atoms with Gasteiger partial charge >= 0.3 is 6.09 Å². The second-order valence-electron chi connectivity index (χ2n) is 6.47. The molecule has 1 aromatic rings. The van der Waals surface area contributed by atoms with Crippen molar-refractivity contribution in [3.05, 3.63) is 12.2 Å². The zero-order valence-corrected chi connectivity index (χ0v) is 13.2. The van der Waals surface area contributed by atoms with E-state index in [0.717, 1.165) is 31.8 Å². The maximum atomic E-state index is 12.2. The van der Waals surface area contributed by atoms with Crippen molar-refractivity contribution >= 4 is 6.09 Å². The number of ether oxygens (including phenoxy) is 1. The van der Waals surface area contributed by atoms with E-state index in [2.05, 4.69) is 20.5 Å². The summed E-state index contributed by atoms with van der Waals surface area (Å²) in [6.45, 7) is 9.17. The molecule has 0 aliphatic carbocycles. The Morgan fingerprint density at radius 2 is 2.38 bits per heavy atom. The molecule has 0 aromatic carbocycles. The van der Waals surface area contributed by atoms with Crippen molar-refractivity contribution in [2.45, 2.75) is 58.2 Å². The summed E-state index contributed by atoms with van der Waals surface area (Å²) in [4.78, 5) is 18.1. The largest absolute Gasteiger partial charge is 0.444 e. The summed E-state index contributed by atoms with van der Waals surface area (Å²) in [5, 5.41) is 10.1. The molecule has 2 rings (SSSR count). The first-order valence-corrected chi connectivity index (χ1v) is 7.45. The molecule has 1 saturated heterocycles. The number of rotatable bonds is 4. The average molecular weight is 295 g/mol. The first-order valence-electron chi connectivity index (χ1n) is 7.45. The Labute approximate surface area is 125 Å². The summed E-state index contributed by atoms with van der Waals surface area (Å²) >= 11 is 0. The van der Waals surface area contributed by atoms with Crippen molar-refractivity contribution in [2.24, 2.45) is 0 Å². The summed E-state index contributed by atoms with van der Waals surface area (Å²) < 4.78 is 5.46. The van der Waals surface area contributed by atoms with Gasteiger partial charge in [-0.25, -0.2) is 9.78 Å². The molecule has 0 radical (unpaired) electrons. The zero-order valence-electron chi connectivity index (χ0n) is 13.2. The van der Waals surface area contributed by atoms with E-state index in [4.69, 9.17) is 4.74 Å². The molecule has 7 heteroatoms. The smallest absolute Gasteiger partial charge is 0.410 e. The standard InChI is InChI=1S/C14H25N5O2/c1-10(12-16-9-17-18-12)15-8-11-6-5-7-19(11)13(20)21-14(2,3)4/h9-11,15H,5-8H2,1-4H3,(H,16,17,18). The number of nitrogens with zero attached hydrogens (tertiary/aromatic N) is 3. The van der Waals surface area contributed by atoms with Crippen LogP contribution in [0.15, 0.2) is 6.33 Å². The molecule has 2 atom stereocenters. The van der Waals surface area contributed by atoms with Gasteiger partial charge < -0.3 is 15.0 Å². The topological polar surface area (TPSA) is 83.1 Å². The summed E-state index contributed by atoms with van der Waals surface area (Å²) in [6, 6.07) is 0.249. The van der Waals surface area contributed by atoms with Gasteiger partial charge in [0.15, 0.2) is 0 Å². The number of carbonyl (C=O) groups excluding carboxylic acids is 1.